The third-order valence-corrected chi connectivity index (χ3v) is 4.47. The van der Waals surface area contributed by atoms with E-state index in [-0.39, 0.29) is 16.9 Å². The predicted molar refractivity (Wildman–Crippen MR) is 109 cm³/mol. The van der Waals surface area contributed by atoms with Crippen molar-refractivity contribution in [3.05, 3.63) is 93.0 Å². The molecule has 0 aromatic heterocycles. The van der Waals surface area contributed by atoms with Gasteiger partial charge in [-0.05, 0) is 54.6 Å². The molecule has 3 aromatic carbocycles. The SMILES string of the molecule is O=C(Nc1ccc(Cl)c(C(F)(F)F)c1)C(=O)c1ccc(Oc2ccc([N+](=O)[O-])cc2)cc1. The quantitative estimate of drug-likeness (QED) is 0.212. The highest BCUT2D eigenvalue weighted by Gasteiger charge is 2.33. The summed E-state index contributed by atoms with van der Waals surface area (Å²) in [6.07, 6.45) is -4.72. The van der Waals surface area contributed by atoms with E-state index in [4.69, 9.17) is 16.3 Å². The zero-order valence-electron chi connectivity index (χ0n) is 15.9. The summed E-state index contributed by atoms with van der Waals surface area (Å²) in [5, 5.41) is 12.2. The van der Waals surface area contributed by atoms with E-state index in [1.807, 2.05) is 0 Å². The third kappa shape index (κ3) is 5.41. The van der Waals surface area contributed by atoms with Crippen LogP contribution in [0.15, 0.2) is 66.7 Å². The van der Waals surface area contributed by atoms with Gasteiger partial charge < -0.3 is 10.1 Å². The summed E-state index contributed by atoms with van der Waals surface area (Å²) in [7, 11) is 0. The summed E-state index contributed by atoms with van der Waals surface area (Å²) >= 11 is 5.53. The number of ketones is 1. The number of anilines is 1. The standard InChI is InChI=1S/C21H12ClF3N2O5/c22-18-10-3-13(11-17(18)21(23,24)25)26-20(29)19(28)12-1-6-15(7-2-12)32-16-8-4-14(5-9-16)27(30)31/h1-11H,(H,26,29). The van der Waals surface area contributed by atoms with Gasteiger partial charge in [-0.3, -0.25) is 19.7 Å². The zero-order chi connectivity index (χ0) is 23.5. The van der Waals surface area contributed by atoms with Gasteiger partial charge in [0.1, 0.15) is 11.5 Å². The lowest BCUT2D eigenvalue weighted by atomic mass is 10.1. The van der Waals surface area contributed by atoms with Crippen molar-refractivity contribution in [3.8, 4) is 11.5 Å². The molecule has 11 heteroatoms. The lowest BCUT2D eigenvalue weighted by Crippen LogP contribution is -2.23. The molecule has 0 radical (unpaired) electrons. The smallest absolute Gasteiger partial charge is 0.417 e. The molecule has 0 saturated heterocycles. The van der Waals surface area contributed by atoms with E-state index in [1.165, 1.54) is 48.5 Å². The second-order valence-corrected chi connectivity index (χ2v) is 6.76. The van der Waals surface area contributed by atoms with Crippen LogP contribution in [0.1, 0.15) is 15.9 Å². The van der Waals surface area contributed by atoms with Crippen molar-refractivity contribution in [2.75, 3.05) is 5.32 Å². The molecule has 7 nitrogen and oxygen atoms in total. The molecule has 0 aliphatic rings. The highest BCUT2D eigenvalue weighted by molar-refractivity contribution is 6.46. The van der Waals surface area contributed by atoms with Gasteiger partial charge in [-0.1, -0.05) is 11.6 Å². The maximum Gasteiger partial charge on any atom is 0.417 e. The summed E-state index contributed by atoms with van der Waals surface area (Å²) in [6, 6.07) is 13.4. The Bertz CT molecular complexity index is 1180. The molecule has 3 aromatic rings. The van der Waals surface area contributed by atoms with Crippen LogP contribution < -0.4 is 10.1 Å². The fourth-order valence-corrected chi connectivity index (χ4v) is 2.81. The largest absolute Gasteiger partial charge is 0.457 e. The van der Waals surface area contributed by atoms with Crippen LogP contribution in [0.2, 0.25) is 5.02 Å². The fourth-order valence-electron chi connectivity index (χ4n) is 2.59. The number of Topliss-reactive ketones (excluding diaryl/α,β-unsaturated/α-hetero) is 1. The molecule has 0 aliphatic heterocycles. The van der Waals surface area contributed by atoms with Crippen molar-refractivity contribution in [1.82, 2.24) is 0 Å². The topological polar surface area (TPSA) is 98.5 Å². The fraction of sp³-hybridized carbons (Fsp3) is 0.0476. The molecule has 1 N–H and O–H groups in total. The van der Waals surface area contributed by atoms with Crippen LogP contribution in [-0.4, -0.2) is 16.6 Å². The highest BCUT2D eigenvalue weighted by atomic mass is 35.5. The predicted octanol–water partition coefficient (Wildman–Crippen LogP) is 5.88. The average molecular weight is 465 g/mol. The Morgan fingerprint density at radius 2 is 1.50 bits per heavy atom. The Labute approximate surface area is 183 Å². The van der Waals surface area contributed by atoms with Crippen molar-refractivity contribution in [2.24, 2.45) is 0 Å². The number of hydrogen-bond donors (Lipinski definition) is 1. The molecule has 3 rings (SSSR count). The molecule has 0 unspecified atom stereocenters. The Morgan fingerprint density at radius 1 is 0.938 bits per heavy atom. The van der Waals surface area contributed by atoms with Crippen molar-refractivity contribution in [3.63, 3.8) is 0 Å². The van der Waals surface area contributed by atoms with Gasteiger partial charge in [-0.15, -0.1) is 0 Å². The Hall–Kier alpha value is -3.92. The second-order valence-electron chi connectivity index (χ2n) is 6.35. The number of carbonyl (C=O) groups excluding carboxylic acids is 2. The average Bonchev–Trinajstić information content (AvgIpc) is 2.74. The van der Waals surface area contributed by atoms with Gasteiger partial charge in [-0.2, -0.15) is 13.2 Å². The number of benzene rings is 3. The Morgan fingerprint density at radius 3 is 2.03 bits per heavy atom. The van der Waals surface area contributed by atoms with E-state index >= 15 is 0 Å². The number of halogens is 4. The molecule has 1 amide bonds. The summed E-state index contributed by atoms with van der Waals surface area (Å²) in [4.78, 5) is 34.6. The second kappa shape index (κ2) is 9.06. The van der Waals surface area contributed by atoms with Crippen LogP contribution in [0.4, 0.5) is 24.5 Å². The Balaban J connectivity index is 1.67. The minimum atomic E-state index is -4.72. The van der Waals surface area contributed by atoms with Gasteiger partial charge in [0.2, 0.25) is 0 Å². The van der Waals surface area contributed by atoms with Crippen LogP contribution in [0.5, 0.6) is 11.5 Å². The number of hydrogen-bond acceptors (Lipinski definition) is 5. The first-order valence-electron chi connectivity index (χ1n) is 8.79. The highest BCUT2D eigenvalue weighted by Crippen LogP contribution is 2.36. The molecule has 0 fully saturated rings. The minimum absolute atomic E-state index is 0.0245. The molecule has 164 valence electrons. The number of non-ortho nitro benzene ring substituents is 1. The van der Waals surface area contributed by atoms with Gasteiger partial charge in [0.15, 0.2) is 0 Å². The van der Waals surface area contributed by atoms with Gasteiger partial charge in [0.05, 0.1) is 15.5 Å². The zero-order valence-corrected chi connectivity index (χ0v) is 16.6. The molecule has 0 bridgehead atoms. The number of nitro groups is 1. The summed E-state index contributed by atoms with van der Waals surface area (Å²) < 4.78 is 44.3. The van der Waals surface area contributed by atoms with Crippen LogP contribution in [0, 0.1) is 10.1 Å². The first-order valence-corrected chi connectivity index (χ1v) is 9.17. The van der Waals surface area contributed by atoms with Gasteiger partial charge in [0, 0.05) is 23.4 Å². The van der Waals surface area contributed by atoms with E-state index < -0.39 is 33.4 Å². The van der Waals surface area contributed by atoms with Crippen LogP contribution in [0.3, 0.4) is 0 Å². The van der Waals surface area contributed by atoms with Crippen molar-refractivity contribution in [1.29, 1.82) is 0 Å². The van der Waals surface area contributed by atoms with Crippen molar-refractivity contribution >= 4 is 34.7 Å². The molecular weight excluding hydrogens is 453 g/mol. The molecule has 0 atom stereocenters. The van der Waals surface area contributed by atoms with E-state index in [0.29, 0.717) is 17.6 Å². The lowest BCUT2D eigenvalue weighted by molar-refractivity contribution is -0.384. The number of ether oxygens (including phenoxy) is 1. The summed E-state index contributed by atoms with van der Waals surface area (Å²) in [5.41, 5.74) is -1.51. The number of nitrogens with one attached hydrogen (secondary N) is 1. The molecule has 0 aliphatic carbocycles. The van der Waals surface area contributed by atoms with Gasteiger partial charge >= 0.3 is 6.18 Å². The van der Waals surface area contributed by atoms with E-state index in [1.54, 1.807) is 0 Å². The third-order valence-electron chi connectivity index (χ3n) is 4.14. The van der Waals surface area contributed by atoms with Crippen molar-refractivity contribution in [2.45, 2.75) is 6.18 Å². The lowest BCUT2D eigenvalue weighted by Gasteiger charge is -2.11. The number of nitro benzene ring substituents is 1. The van der Waals surface area contributed by atoms with E-state index in [0.717, 1.165) is 12.1 Å². The maximum absolute atomic E-state index is 12.9. The molecule has 0 spiro atoms. The van der Waals surface area contributed by atoms with E-state index in [2.05, 4.69) is 5.32 Å². The first-order chi connectivity index (χ1) is 15.0. The molecular formula is C21H12ClF3N2O5. The monoisotopic (exact) mass is 464 g/mol. The minimum Gasteiger partial charge on any atom is -0.457 e. The van der Waals surface area contributed by atoms with Crippen molar-refractivity contribution < 1.29 is 32.4 Å². The Kier molecular flexibility index (Phi) is 6.45. The number of nitrogens with zero attached hydrogens (tertiary/aromatic N) is 1. The van der Waals surface area contributed by atoms with E-state index in [9.17, 15) is 32.9 Å². The number of rotatable bonds is 6. The van der Waals surface area contributed by atoms with Gasteiger partial charge in [0.25, 0.3) is 17.4 Å². The molecule has 0 heterocycles. The normalized spacial score (nSPS) is 11.0. The first kappa shape index (κ1) is 22.8. The number of alkyl halides is 3. The molecule has 32 heavy (non-hydrogen) atoms. The molecule has 0 saturated carbocycles. The number of carbonyl (C=O) groups is 2. The maximum atomic E-state index is 12.9. The van der Waals surface area contributed by atoms with Crippen LogP contribution in [0.25, 0.3) is 0 Å². The van der Waals surface area contributed by atoms with Crippen LogP contribution >= 0.6 is 11.6 Å². The van der Waals surface area contributed by atoms with Gasteiger partial charge in [-0.25, -0.2) is 0 Å². The van der Waals surface area contributed by atoms with Crippen LogP contribution in [-0.2, 0) is 11.0 Å². The summed E-state index contributed by atoms with van der Waals surface area (Å²) in [6.45, 7) is 0. The number of amides is 1. The summed E-state index contributed by atoms with van der Waals surface area (Å²) in [5.74, 6) is -1.50.